The van der Waals surface area contributed by atoms with Crippen LogP contribution in [-0.2, 0) is 17.8 Å². The second kappa shape index (κ2) is 9.54. The summed E-state index contributed by atoms with van der Waals surface area (Å²) >= 11 is 7.64. The molecule has 5 nitrogen and oxygen atoms in total. The zero-order valence-electron chi connectivity index (χ0n) is 17.3. The molecular formula is C24H22ClN3O2S. The summed E-state index contributed by atoms with van der Waals surface area (Å²) in [7, 11) is 0. The number of allylic oxidation sites excluding steroid dienone is 1. The van der Waals surface area contributed by atoms with E-state index in [2.05, 4.69) is 21.4 Å². The lowest BCUT2D eigenvalue weighted by molar-refractivity contribution is -0.113. The third-order valence-corrected chi connectivity index (χ3v) is 6.32. The number of pyridine rings is 1. The maximum absolute atomic E-state index is 12.3. The maximum atomic E-state index is 12.3. The van der Waals surface area contributed by atoms with Gasteiger partial charge in [0, 0.05) is 23.2 Å². The number of ether oxygens (including phenoxy) is 1. The van der Waals surface area contributed by atoms with Crippen LogP contribution >= 0.6 is 23.4 Å². The number of carbonyl (C=O) groups is 1. The second-order valence-electron chi connectivity index (χ2n) is 7.08. The summed E-state index contributed by atoms with van der Waals surface area (Å²) in [6.07, 6.45) is 4.29. The topological polar surface area (TPSA) is 63.6 Å². The van der Waals surface area contributed by atoms with Gasteiger partial charge in [0.15, 0.2) is 5.17 Å². The third kappa shape index (κ3) is 4.92. The minimum Gasteiger partial charge on any atom is -0.493 e. The van der Waals surface area contributed by atoms with Gasteiger partial charge in [0.05, 0.1) is 17.0 Å². The Morgan fingerprint density at radius 1 is 1.23 bits per heavy atom. The van der Waals surface area contributed by atoms with Crippen molar-refractivity contribution in [3.63, 3.8) is 0 Å². The number of carbonyl (C=O) groups excluding carboxylic acids is 1. The molecule has 0 saturated heterocycles. The summed E-state index contributed by atoms with van der Waals surface area (Å²) in [6, 6.07) is 13.7. The van der Waals surface area contributed by atoms with Crippen molar-refractivity contribution in [2.24, 2.45) is 4.99 Å². The van der Waals surface area contributed by atoms with Crippen LogP contribution in [0.3, 0.4) is 0 Å². The van der Waals surface area contributed by atoms with Crippen LogP contribution in [0.15, 0.2) is 64.6 Å². The summed E-state index contributed by atoms with van der Waals surface area (Å²) in [6.45, 7) is 5.09. The Morgan fingerprint density at radius 2 is 2.10 bits per heavy atom. The predicted octanol–water partition coefficient (Wildman–Crippen LogP) is 5.44. The molecule has 1 amide bonds. The van der Waals surface area contributed by atoms with Gasteiger partial charge in [-0.15, -0.1) is 0 Å². The van der Waals surface area contributed by atoms with Gasteiger partial charge in [0.1, 0.15) is 5.75 Å². The van der Waals surface area contributed by atoms with Gasteiger partial charge in [-0.25, -0.2) is 0 Å². The zero-order chi connectivity index (χ0) is 21.8. The van der Waals surface area contributed by atoms with E-state index in [-0.39, 0.29) is 5.91 Å². The molecule has 31 heavy (non-hydrogen) atoms. The molecule has 0 spiro atoms. The highest BCUT2D eigenvalue weighted by Gasteiger charge is 2.21. The Balaban J connectivity index is 1.43. The number of thioether (sulfide) groups is 1. The van der Waals surface area contributed by atoms with Gasteiger partial charge in [-0.1, -0.05) is 35.9 Å². The molecule has 0 bridgehead atoms. The average Bonchev–Trinajstić information content (AvgIpc) is 3.12. The first-order chi connectivity index (χ1) is 15.0. The van der Waals surface area contributed by atoms with Crippen molar-refractivity contribution in [1.29, 1.82) is 0 Å². The normalized spacial score (nSPS) is 14.9. The number of amides is 1. The van der Waals surface area contributed by atoms with Crippen LogP contribution in [0.25, 0.3) is 10.9 Å². The minimum atomic E-state index is -0.221. The molecule has 2 aromatic carbocycles. The molecule has 1 N–H and O–H groups in total. The number of halogens is 1. The van der Waals surface area contributed by atoms with Gasteiger partial charge in [-0.3, -0.25) is 9.78 Å². The highest BCUT2D eigenvalue weighted by atomic mass is 35.5. The number of rotatable bonds is 6. The van der Waals surface area contributed by atoms with Crippen molar-refractivity contribution < 1.29 is 9.53 Å². The molecule has 1 aliphatic heterocycles. The Hall–Kier alpha value is -2.83. The van der Waals surface area contributed by atoms with E-state index in [9.17, 15) is 4.79 Å². The highest BCUT2D eigenvalue weighted by molar-refractivity contribution is 8.18. The predicted molar refractivity (Wildman–Crippen MR) is 128 cm³/mol. The molecule has 1 aliphatic rings. The Morgan fingerprint density at radius 3 is 2.90 bits per heavy atom. The molecule has 158 valence electrons. The van der Waals surface area contributed by atoms with Crippen molar-refractivity contribution in [3.8, 4) is 5.75 Å². The van der Waals surface area contributed by atoms with E-state index >= 15 is 0 Å². The molecule has 0 saturated carbocycles. The molecule has 0 fully saturated rings. The van der Waals surface area contributed by atoms with E-state index in [1.165, 1.54) is 11.8 Å². The zero-order valence-corrected chi connectivity index (χ0v) is 18.9. The SMILES string of the molecule is CCOc1ccnc2ccc(C/C=C3\SC(NCc4c(C)cccc4Cl)=NC3=O)cc12. The smallest absolute Gasteiger partial charge is 0.285 e. The summed E-state index contributed by atoms with van der Waals surface area (Å²) in [5.41, 5.74) is 4.07. The molecule has 0 radical (unpaired) electrons. The molecule has 1 aromatic heterocycles. The molecule has 2 heterocycles. The minimum absolute atomic E-state index is 0.221. The monoisotopic (exact) mass is 451 g/mol. The standard InChI is InChI=1S/C24H22ClN3O2S/c1-3-30-21-11-12-26-20-9-7-16(13-17(20)21)8-10-22-23(29)28-24(31-22)27-14-18-15(2)5-4-6-19(18)25/h4-7,9-13H,3,8,14H2,1-2H3,(H,27,28,29)/b22-10-. The first kappa shape index (κ1) is 21.4. The number of nitrogens with zero attached hydrogens (tertiary/aromatic N) is 2. The summed E-state index contributed by atoms with van der Waals surface area (Å²) < 4.78 is 5.71. The van der Waals surface area contributed by atoms with Crippen LogP contribution in [0.4, 0.5) is 0 Å². The fraction of sp³-hybridized carbons (Fsp3) is 0.208. The van der Waals surface area contributed by atoms with E-state index < -0.39 is 0 Å². The molecule has 4 rings (SSSR count). The van der Waals surface area contributed by atoms with Crippen LogP contribution in [-0.4, -0.2) is 22.7 Å². The van der Waals surface area contributed by atoms with Crippen molar-refractivity contribution in [1.82, 2.24) is 10.3 Å². The fourth-order valence-electron chi connectivity index (χ4n) is 3.36. The summed E-state index contributed by atoms with van der Waals surface area (Å²) in [5, 5.41) is 5.50. The molecule has 0 aliphatic carbocycles. The molecule has 7 heteroatoms. The van der Waals surface area contributed by atoms with Crippen LogP contribution in [0, 0.1) is 6.92 Å². The van der Waals surface area contributed by atoms with Crippen LogP contribution in [0.1, 0.15) is 23.6 Å². The number of aryl methyl sites for hydroxylation is 1. The molecule has 3 aromatic rings. The fourth-order valence-corrected chi connectivity index (χ4v) is 4.43. The first-order valence-corrected chi connectivity index (χ1v) is 11.2. The number of aliphatic imine (C=N–C) groups is 1. The second-order valence-corrected chi connectivity index (χ2v) is 8.52. The summed E-state index contributed by atoms with van der Waals surface area (Å²) in [4.78, 5) is 21.5. The highest BCUT2D eigenvalue weighted by Crippen LogP contribution is 2.28. The van der Waals surface area contributed by atoms with Crippen molar-refractivity contribution >= 4 is 45.3 Å². The third-order valence-electron chi connectivity index (χ3n) is 4.98. The van der Waals surface area contributed by atoms with E-state index in [0.29, 0.717) is 34.7 Å². The summed E-state index contributed by atoms with van der Waals surface area (Å²) in [5.74, 6) is 0.596. The number of amidine groups is 1. The lowest BCUT2D eigenvalue weighted by Gasteiger charge is -2.09. The van der Waals surface area contributed by atoms with Crippen LogP contribution in [0.5, 0.6) is 5.75 Å². The molecule has 0 atom stereocenters. The largest absolute Gasteiger partial charge is 0.493 e. The average molecular weight is 452 g/mol. The van der Waals surface area contributed by atoms with Gasteiger partial charge in [-0.2, -0.15) is 4.99 Å². The number of hydrogen-bond acceptors (Lipinski definition) is 5. The Kier molecular flexibility index (Phi) is 6.59. The van der Waals surface area contributed by atoms with Gasteiger partial charge < -0.3 is 10.1 Å². The van der Waals surface area contributed by atoms with E-state index in [0.717, 1.165) is 33.3 Å². The van der Waals surface area contributed by atoms with Gasteiger partial charge in [0.2, 0.25) is 0 Å². The van der Waals surface area contributed by atoms with Crippen molar-refractivity contribution in [2.45, 2.75) is 26.8 Å². The van der Waals surface area contributed by atoms with Gasteiger partial charge in [-0.05, 0) is 73.0 Å². The number of nitrogens with one attached hydrogen (secondary N) is 1. The van der Waals surface area contributed by atoms with Crippen molar-refractivity contribution in [2.75, 3.05) is 6.61 Å². The van der Waals surface area contributed by atoms with E-state index in [1.54, 1.807) is 6.20 Å². The quantitative estimate of drug-likeness (QED) is 0.505. The van der Waals surface area contributed by atoms with Crippen LogP contribution < -0.4 is 10.1 Å². The van der Waals surface area contributed by atoms with Crippen molar-refractivity contribution in [3.05, 3.63) is 81.4 Å². The Bertz CT molecular complexity index is 1190. The first-order valence-electron chi connectivity index (χ1n) is 10.0. The number of fused-ring (bicyclic) bond motifs is 1. The lowest BCUT2D eigenvalue weighted by Crippen LogP contribution is -2.19. The maximum Gasteiger partial charge on any atom is 0.285 e. The Labute approximate surface area is 190 Å². The van der Waals surface area contributed by atoms with Gasteiger partial charge >= 0.3 is 0 Å². The van der Waals surface area contributed by atoms with Crippen LogP contribution in [0.2, 0.25) is 5.02 Å². The van der Waals surface area contributed by atoms with E-state index in [1.807, 2.05) is 56.3 Å². The molecule has 0 unspecified atom stereocenters. The number of hydrogen-bond donors (Lipinski definition) is 1. The molecular weight excluding hydrogens is 430 g/mol. The lowest BCUT2D eigenvalue weighted by atomic mass is 10.1. The number of aromatic nitrogens is 1. The van der Waals surface area contributed by atoms with E-state index in [4.69, 9.17) is 16.3 Å². The van der Waals surface area contributed by atoms with Gasteiger partial charge in [0.25, 0.3) is 5.91 Å². The number of benzene rings is 2.